The fourth-order valence-corrected chi connectivity index (χ4v) is 1.82. The van der Waals surface area contributed by atoms with Crippen LogP contribution in [0.1, 0.15) is 0 Å². The molecular formula is C7H14O8S. The van der Waals surface area contributed by atoms with E-state index < -0.39 is 47.4 Å². The minimum absolute atomic E-state index is 0.644. The monoisotopic (exact) mass is 258 g/mol. The molecule has 1 rings (SSSR count). The summed E-state index contributed by atoms with van der Waals surface area (Å²) in [6, 6.07) is 0. The van der Waals surface area contributed by atoms with E-state index in [0.29, 0.717) is 0 Å². The third kappa shape index (κ3) is 3.10. The lowest BCUT2D eigenvalue weighted by Crippen LogP contribution is -2.59. The van der Waals surface area contributed by atoms with Gasteiger partial charge >= 0.3 is 0 Å². The summed E-state index contributed by atoms with van der Waals surface area (Å²) in [7, 11) is -3.89. The number of rotatable bonds is 3. The van der Waals surface area contributed by atoms with Gasteiger partial charge in [0.05, 0.1) is 12.9 Å². The molecule has 0 saturated carbocycles. The number of aliphatic hydroxyl groups is 4. The van der Waals surface area contributed by atoms with E-state index in [4.69, 9.17) is 9.84 Å². The molecule has 0 aromatic carbocycles. The van der Waals surface area contributed by atoms with E-state index in [-0.39, 0.29) is 0 Å². The average molecular weight is 258 g/mol. The zero-order valence-corrected chi connectivity index (χ0v) is 9.24. The molecule has 1 fully saturated rings. The summed E-state index contributed by atoms with van der Waals surface area (Å²) in [5.74, 6) is 0. The molecule has 0 bridgehead atoms. The first-order valence-corrected chi connectivity index (χ1v) is 6.26. The van der Waals surface area contributed by atoms with E-state index in [1.165, 1.54) is 0 Å². The number of hydrogen-bond donors (Lipinski definition) is 4. The van der Waals surface area contributed by atoms with Crippen LogP contribution in [0.15, 0.2) is 0 Å². The second-order valence-corrected chi connectivity index (χ2v) is 5.10. The SMILES string of the molecule is CS(=O)(=O)OC1O[C@H](CO)[C@@H](O)[C@H](O)[C@H]1O. The maximum absolute atomic E-state index is 10.8. The van der Waals surface area contributed by atoms with E-state index in [9.17, 15) is 23.7 Å². The lowest BCUT2D eigenvalue weighted by atomic mass is 10.00. The largest absolute Gasteiger partial charge is 0.394 e. The highest BCUT2D eigenvalue weighted by Crippen LogP contribution is 2.22. The lowest BCUT2D eigenvalue weighted by Gasteiger charge is -2.38. The van der Waals surface area contributed by atoms with Crippen LogP contribution in [0.2, 0.25) is 0 Å². The average Bonchev–Trinajstić information content (AvgIpc) is 2.17. The Balaban J connectivity index is 2.79. The third-order valence-corrected chi connectivity index (χ3v) is 2.66. The van der Waals surface area contributed by atoms with Crippen LogP contribution in [0, 0.1) is 0 Å². The Hall–Kier alpha value is -0.290. The quantitative estimate of drug-likeness (QED) is 0.388. The molecule has 1 aliphatic rings. The van der Waals surface area contributed by atoms with Crippen LogP contribution in [0.5, 0.6) is 0 Å². The van der Waals surface area contributed by atoms with Gasteiger partial charge in [0, 0.05) is 0 Å². The zero-order valence-electron chi connectivity index (χ0n) is 8.42. The van der Waals surface area contributed by atoms with E-state index in [1.54, 1.807) is 0 Å². The highest BCUT2D eigenvalue weighted by atomic mass is 32.2. The molecule has 16 heavy (non-hydrogen) atoms. The molecule has 96 valence electrons. The van der Waals surface area contributed by atoms with Crippen molar-refractivity contribution in [3.05, 3.63) is 0 Å². The minimum Gasteiger partial charge on any atom is -0.394 e. The summed E-state index contributed by atoms with van der Waals surface area (Å²) >= 11 is 0. The summed E-state index contributed by atoms with van der Waals surface area (Å²) < 4.78 is 30.8. The van der Waals surface area contributed by atoms with E-state index >= 15 is 0 Å². The van der Waals surface area contributed by atoms with Crippen LogP contribution >= 0.6 is 0 Å². The Morgan fingerprint density at radius 3 is 2.19 bits per heavy atom. The van der Waals surface area contributed by atoms with Crippen molar-refractivity contribution in [1.29, 1.82) is 0 Å². The van der Waals surface area contributed by atoms with Crippen LogP contribution in [-0.4, -0.2) is 72.4 Å². The summed E-state index contributed by atoms with van der Waals surface area (Å²) in [5, 5.41) is 36.9. The zero-order chi connectivity index (χ0) is 12.5. The van der Waals surface area contributed by atoms with Crippen molar-refractivity contribution in [3.63, 3.8) is 0 Å². The smallest absolute Gasteiger partial charge is 0.266 e. The summed E-state index contributed by atoms with van der Waals surface area (Å²) in [6.45, 7) is -0.644. The highest BCUT2D eigenvalue weighted by molar-refractivity contribution is 7.86. The van der Waals surface area contributed by atoms with E-state index in [0.717, 1.165) is 6.26 Å². The molecule has 9 heteroatoms. The topological polar surface area (TPSA) is 134 Å². The van der Waals surface area contributed by atoms with Crippen molar-refractivity contribution >= 4 is 10.1 Å². The van der Waals surface area contributed by atoms with Gasteiger partial charge in [0.2, 0.25) is 6.29 Å². The molecule has 0 spiro atoms. The van der Waals surface area contributed by atoms with Gasteiger partial charge in [0.15, 0.2) is 0 Å². The molecule has 1 heterocycles. The summed E-state index contributed by atoms with van der Waals surface area (Å²) in [6.07, 6.45) is -7.01. The molecule has 0 amide bonds. The van der Waals surface area contributed by atoms with Gasteiger partial charge < -0.3 is 25.2 Å². The Morgan fingerprint density at radius 2 is 1.75 bits per heavy atom. The van der Waals surface area contributed by atoms with Gasteiger partial charge in [-0.2, -0.15) is 8.42 Å². The first-order valence-electron chi connectivity index (χ1n) is 4.45. The minimum atomic E-state index is -3.89. The van der Waals surface area contributed by atoms with Gasteiger partial charge in [0.25, 0.3) is 10.1 Å². The van der Waals surface area contributed by atoms with Crippen molar-refractivity contribution < 1.29 is 37.8 Å². The van der Waals surface area contributed by atoms with Crippen molar-refractivity contribution in [2.24, 2.45) is 0 Å². The Labute approximate surface area is 92.2 Å². The fraction of sp³-hybridized carbons (Fsp3) is 1.00. The molecular weight excluding hydrogens is 244 g/mol. The molecule has 5 atom stereocenters. The normalized spacial score (nSPS) is 40.9. The third-order valence-electron chi connectivity index (χ3n) is 2.12. The van der Waals surface area contributed by atoms with Gasteiger partial charge in [0.1, 0.15) is 24.4 Å². The van der Waals surface area contributed by atoms with Crippen LogP contribution < -0.4 is 0 Å². The molecule has 0 aromatic rings. The first-order chi connectivity index (χ1) is 7.26. The van der Waals surface area contributed by atoms with Crippen molar-refractivity contribution in [3.8, 4) is 0 Å². The van der Waals surface area contributed by atoms with Gasteiger partial charge in [-0.05, 0) is 0 Å². The molecule has 1 aliphatic heterocycles. The summed E-state index contributed by atoms with van der Waals surface area (Å²) in [4.78, 5) is 0. The fourth-order valence-electron chi connectivity index (χ4n) is 1.32. The summed E-state index contributed by atoms with van der Waals surface area (Å²) in [5.41, 5.74) is 0. The lowest BCUT2D eigenvalue weighted by molar-refractivity contribution is -0.276. The molecule has 1 saturated heterocycles. The Kier molecular flexibility index (Phi) is 4.23. The molecule has 1 unspecified atom stereocenters. The standard InChI is InChI=1S/C7H14O8S/c1-16(12,13)15-7-6(11)5(10)4(9)3(2-8)14-7/h3-11H,2H2,1H3/t3-,4-,5+,6-,7?/m1/s1. The van der Waals surface area contributed by atoms with Gasteiger partial charge in [-0.1, -0.05) is 0 Å². The van der Waals surface area contributed by atoms with Crippen molar-refractivity contribution in [2.45, 2.75) is 30.7 Å². The Bertz CT molecular complexity index is 325. The first kappa shape index (κ1) is 13.8. The van der Waals surface area contributed by atoms with Gasteiger partial charge in [-0.25, -0.2) is 4.18 Å². The number of hydrogen-bond acceptors (Lipinski definition) is 8. The molecule has 0 radical (unpaired) electrons. The van der Waals surface area contributed by atoms with Gasteiger partial charge in [-0.3, -0.25) is 0 Å². The predicted octanol–water partition coefficient (Wildman–Crippen LogP) is -3.24. The Morgan fingerprint density at radius 1 is 1.19 bits per heavy atom. The number of ether oxygens (including phenoxy) is 1. The predicted molar refractivity (Wildman–Crippen MR) is 49.7 cm³/mol. The van der Waals surface area contributed by atoms with E-state index in [1.807, 2.05) is 0 Å². The highest BCUT2D eigenvalue weighted by Gasteiger charge is 2.45. The van der Waals surface area contributed by atoms with E-state index in [2.05, 4.69) is 4.18 Å². The molecule has 0 aromatic heterocycles. The second kappa shape index (κ2) is 4.92. The van der Waals surface area contributed by atoms with Crippen LogP contribution in [0.3, 0.4) is 0 Å². The maximum Gasteiger partial charge on any atom is 0.266 e. The van der Waals surface area contributed by atoms with Crippen LogP contribution in [-0.2, 0) is 19.0 Å². The van der Waals surface area contributed by atoms with Crippen LogP contribution in [0.25, 0.3) is 0 Å². The van der Waals surface area contributed by atoms with Crippen molar-refractivity contribution in [2.75, 3.05) is 12.9 Å². The molecule has 0 aliphatic carbocycles. The molecule has 4 N–H and O–H groups in total. The molecule has 8 nitrogen and oxygen atoms in total. The van der Waals surface area contributed by atoms with Gasteiger partial charge in [-0.15, -0.1) is 0 Å². The van der Waals surface area contributed by atoms with Crippen LogP contribution in [0.4, 0.5) is 0 Å². The van der Waals surface area contributed by atoms with Crippen molar-refractivity contribution in [1.82, 2.24) is 0 Å². The second-order valence-electron chi connectivity index (χ2n) is 3.50. The number of aliphatic hydroxyl groups excluding tert-OH is 4. The maximum atomic E-state index is 10.8.